The summed E-state index contributed by atoms with van der Waals surface area (Å²) in [5, 5.41) is 2.69. The molecular weight excluding hydrogens is 130 g/mol. The van der Waals surface area contributed by atoms with E-state index in [4.69, 9.17) is 0 Å². The lowest BCUT2D eigenvalue weighted by atomic mass is 10.3. The molecule has 0 fully saturated rings. The first-order valence-electron chi connectivity index (χ1n) is 3.07. The van der Waals surface area contributed by atoms with E-state index < -0.39 is 0 Å². The lowest BCUT2D eigenvalue weighted by Gasteiger charge is -2.12. The van der Waals surface area contributed by atoms with Crippen molar-refractivity contribution < 1.29 is 0 Å². The smallest absolute Gasteiger partial charge is 0.0442 e. The van der Waals surface area contributed by atoms with Crippen LogP contribution in [0.15, 0.2) is 16.1 Å². The fourth-order valence-electron chi connectivity index (χ4n) is 0.694. The van der Waals surface area contributed by atoms with E-state index in [1.54, 1.807) is 0 Å². The van der Waals surface area contributed by atoms with E-state index in [0.29, 0.717) is 5.25 Å². The van der Waals surface area contributed by atoms with Crippen LogP contribution in [0.3, 0.4) is 0 Å². The van der Waals surface area contributed by atoms with Crippen LogP contribution in [0.25, 0.3) is 0 Å². The van der Waals surface area contributed by atoms with Gasteiger partial charge >= 0.3 is 0 Å². The molecule has 0 amide bonds. The summed E-state index contributed by atoms with van der Waals surface area (Å²) < 4.78 is 0. The predicted molar refractivity (Wildman–Crippen MR) is 43.9 cm³/mol. The largest absolute Gasteiger partial charge is 0.261 e. The average molecular weight is 141 g/mol. The lowest BCUT2D eigenvalue weighted by molar-refractivity contribution is 1.21. The van der Waals surface area contributed by atoms with Crippen LogP contribution >= 0.6 is 11.8 Å². The van der Waals surface area contributed by atoms with E-state index in [9.17, 15) is 0 Å². The number of hydrogen-bond acceptors (Lipinski definition) is 2. The minimum Gasteiger partial charge on any atom is -0.261 e. The predicted octanol–water partition coefficient (Wildman–Crippen LogP) is 2.44. The molecule has 0 N–H and O–H groups in total. The zero-order valence-electron chi connectivity index (χ0n) is 6.01. The van der Waals surface area contributed by atoms with Crippen molar-refractivity contribution in [3.05, 3.63) is 11.1 Å². The Morgan fingerprint density at radius 2 is 2.22 bits per heavy atom. The molecule has 0 spiro atoms. The molecule has 0 radical (unpaired) electrons. The molecule has 1 unspecified atom stereocenters. The van der Waals surface area contributed by atoms with Gasteiger partial charge in [0.05, 0.1) is 0 Å². The summed E-state index contributed by atoms with van der Waals surface area (Å²) in [4.78, 5) is 4.32. The molecule has 9 heavy (non-hydrogen) atoms. The third kappa shape index (κ3) is 1.58. The molecule has 1 heterocycles. The Balaban J connectivity index is 2.74. The van der Waals surface area contributed by atoms with Crippen molar-refractivity contribution in [3.8, 4) is 0 Å². The maximum Gasteiger partial charge on any atom is 0.0442 e. The Morgan fingerprint density at radius 3 is 2.67 bits per heavy atom. The van der Waals surface area contributed by atoms with Gasteiger partial charge in [0.1, 0.15) is 0 Å². The second-order valence-electron chi connectivity index (χ2n) is 2.29. The lowest BCUT2D eigenvalue weighted by Crippen LogP contribution is -2.10. The topological polar surface area (TPSA) is 12.4 Å². The minimum absolute atomic E-state index is 0.577. The first kappa shape index (κ1) is 6.87. The summed E-state index contributed by atoms with van der Waals surface area (Å²) in [5.41, 5.74) is 2.37. The molecule has 0 aromatic heterocycles. The molecule has 1 aliphatic heterocycles. The molecule has 0 bridgehead atoms. The van der Waals surface area contributed by atoms with Crippen molar-refractivity contribution >= 4 is 17.5 Å². The number of hydrogen-bond donors (Lipinski definition) is 0. The summed E-state index contributed by atoms with van der Waals surface area (Å²) in [7, 11) is 0. The second-order valence-corrected chi connectivity index (χ2v) is 3.51. The van der Waals surface area contributed by atoms with E-state index >= 15 is 0 Å². The summed E-state index contributed by atoms with van der Waals surface area (Å²) in [5.74, 6) is 0. The Labute approximate surface area is 60.3 Å². The van der Waals surface area contributed by atoms with E-state index in [1.807, 2.05) is 18.7 Å². The highest BCUT2D eigenvalue weighted by Crippen LogP contribution is 2.21. The Morgan fingerprint density at radius 1 is 1.56 bits per heavy atom. The second kappa shape index (κ2) is 2.56. The fraction of sp³-hybridized carbons (Fsp3) is 0.571. The molecule has 0 aliphatic carbocycles. The monoisotopic (exact) mass is 141 g/mol. The van der Waals surface area contributed by atoms with Crippen molar-refractivity contribution in [2.75, 3.05) is 0 Å². The van der Waals surface area contributed by atoms with Gasteiger partial charge in [-0.05, 0) is 26.2 Å². The van der Waals surface area contributed by atoms with Crippen molar-refractivity contribution in [3.63, 3.8) is 0 Å². The van der Waals surface area contributed by atoms with Gasteiger partial charge in [0.2, 0.25) is 0 Å². The molecule has 1 atom stereocenters. The zero-order valence-corrected chi connectivity index (χ0v) is 6.83. The van der Waals surface area contributed by atoms with Gasteiger partial charge in [-0.2, -0.15) is 0 Å². The van der Waals surface area contributed by atoms with Gasteiger partial charge in [0.25, 0.3) is 0 Å². The first-order chi connectivity index (χ1) is 4.20. The van der Waals surface area contributed by atoms with Gasteiger partial charge < -0.3 is 0 Å². The van der Waals surface area contributed by atoms with Crippen molar-refractivity contribution in [1.29, 1.82) is 0 Å². The Hall–Kier alpha value is -0.240. The van der Waals surface area contributed by atoms with Gasteiger partial charge in [-0.1, -0.05) is 0 Å². The van der Waals surface area contributed by atoms with Crippen LogP contribution in [0, 0.1) is 0 Å². The van der Waals surface area contributed by atoms with Gasteiger partial charge in [-0.25, -0.2) is 0 Å². The highest BCUT2D eigenvalue weighted by molar-refractivity contribution is 8.03. The number of aliphatic imine (C=N–C) groups is 1. The van der Waals surface area contributed by atoms with E-state index in [0.717, 1.165) is 5.70 Å². The maximum atomic E-state index is 4.32. The van der Waals surface area contributed by atoms with Crippen molar-refractivity contribution in [1.82, 2.24) is 0 Å². The van der Waals surface area contributed by atoms with Crippen LogP contribution < -0.4 is 0 Å². The van der Waals surface area contributed by atoms with Gasteiger partial charge in [-0.15, -0.1) is 11.8 Å². The number of allylic oxidation sites excluding steroid dienone is 1. The summed E-state index contributed by atoms with van der Waals surface area (Å²) >= 11 is 1.84. The van der Waals surface area contributed by atoms with Crippen LogP contribution in [0.5, 0.6) is 0 Å². The normalized spacial score (nSPS) is 27.2. The molecule has 0 aromatic rings. The molecule has 0 saturated carbocycles. The van der Waals surface area contributed by atoms with Crippen LogP contribution in [0.2, 0.25) is 0 Å². The van der Waals surface area contributed by atoms with Gasteiger partial charge in [0, 0.05) is 16.7 Å². The SMILES string of the molecule is CC1=CSC(C)C(C)=N1. The van der Waals surface area contributed by atoms with Crippen LogP contribution in [0.4, 0.5) is 0 Å². The third-order valence-electron chi connectivity index (χ3n) is 1.38. The minimum atomic E-state index is 0.577. The Bertz CT molecular complexity index is 170. The van der Waals surface area contributed by atoms with E-state index in [-0.39, 0.29) is 0 Å². The standard InChI is InChI=1S/C7H11NS/c1-5-4-9-7(3)6(2)8-5/h4,7H,1-3H3. The maximum absolute atomic E-state index is 4.32. The highest BCUT2D eigenvalue weighted by atomic mass is 32.2. The first-order valence-corrected chi connectivity index (χ1v) is 4.02. The van der Waals surface area contributed by atoms with Crippen molar-refractivity contribution in [2.45, 2.75) is 26.0 Å². The van der Waals surface area contributed by atoms with E-state index in [1.165, 1.54) is 5.71 Å². The Kier molecular flexibility index (Phi) is 1.96. The zero-order chi connectivity index (χ0) is 6.85. The summed E-state index contributed by atoms with van der Waals surface area (Å²) in [6.07, 6.45) is 0. The third-order valence-corrected chi connectivity index (χ3v) is 2.61. The van der Waals surface area contributed by atoms with Crippen LogP contribution in [-0.4, -0.2) is 11.0 Å². The number of nitrogens with zero attached hydrogens (tertiary/aromatic N) is 1. The molecule has 1 aliphatic rings. The number of thioether (sulfide) groups is 1. The molecular formula is C7H11NS. The van der Waals surface area contributed by atoms with Gasteiger partial charge in [-0.3, -0.25) is 4.99 Å². The van der Waals surface area contributed by atoms with Crippen LogP contribution in [-0.2, 0) is 0 Å². The molecule has 0 aromatic carbocycles. The fourth-order valence-corrected chi connectivity index (χ4v) is 1.40. The molecule has 2 heteroatoms. The summed E-state index contributed by atoms with van der Waals surface area (Å²) in [6, 6.07) is 0. The molecule has 1 rings (SSSR count). The quantitative estimate of drug-likeness (QED) is 0.504. The van der Waals surface area contributed by atoms with Crippen LogP contribution in [0.1, 0.15) is 20.8 Å². The molecule has 0 saturated heterocycles. The highest BCUT2D eigenvalue weighted by Gasteiger charge is 2.08. The van der Waals surface area contributed by atoms with E-state index in [2.05, 4.69) is 24.2 Å². The average Bonchev–Trinajstić information content (AvgIpc) is 1.80. The molecule has 50 valence electrons. The van der Waals surface area contributed by atoms with Crippen molar-refractivity contribution in [2.24, 2.45) is 4.99 Å². The molecule has 1 nitrogen and oxygen atoms in total. The number of rotatable bonds is 0. The summed E-state index contributed by atoms with van der Waals surface area (Å²) in [6.45, 7) is 6.28. The van der Waals surface area contributed by atoms with Gasteiger partial charge in [0.15, 0.2) is 0 Å².